The number of nitro groups is 1. The van der Waals surface area contributed by atoms with Crippen LogP contribution in [0.15, 0.2) is 58.2 Å². The third-order valence-electron chi connectivity index (χ3n) is 3.81. The Balaban J connectivity index is 1.47. The molecule has 0 saturated heterocycles. The molecule has 0 atom stereocenters. The zero-order valence-electron chi connectivity index (χ0n) is 16.4. The Hall–Kier alpha value is -3.84. The number of benzene rings is 2. The number of thioether (sulfide) groups is 1. The number of ether oxygens (including phenoxy) is 2. The molecule has 3 rings (SSSR count). The zero-order valence-corrected chi connectivity index (χ0v) is 17.3. The summed E-state index contributed by atoms with van der Waals surface area (Å²) >= 11 is 1.24. The molecule has 1 heterocycles. The molecule has 0 unspecified atom stereocenters. The van der Waals surface area contributed by atoms with Gasteiger partial charge in [0, 0.05) is 11.6 Å². The Kier molecular flexibility index (Phi) is 7.61. The van der Waals surface area contributed by atoms with Crippen molar-refractivity contribution in [2.75, 3.05) is 19.0 Å². The van der Waals surface area contributed by atoms with Crippen LogP contribution in [0.5, 0.6) is 5.75 Å². The van der Waals surface area contributed by atoms with E-state index in [1.54, 1.807) is 0 Å². The summed E-state index contributed by atoms with van der Waals surface area (Å²) in [5.74, 6) is 6.17. The lowest BCUT2D eigenvalue weighted by Crippen LogP contribution is -2.08. The van der Waals surface area contributed by atoms with Crippen molar-refractivity contribution in [3.63, 3.8) is 0 Å². The number of hydrogen-bond donors (Lipinski definition) is 0. The highest BCUT2D eigenvalue weighted by Gasteiger charge is 2.19. The number of aromatic nitrogens is 2. The fraction of sp³-hybridized carbons (Fsp3) is 0.190. The molecular weight excluding hydrogens is 422 g/mol. The standard InChI is InChI=1S/C21H17N3O6S/c1-2-28-16-11-9-15(10-12-16)19-22-23-21(30-19)31-14-6-5-13-29-20(25)17-7-3-4-8-18(17)24(26)27/h3-4,7-12H,2,13-14H2,1H3. The maximum atomic E-state index is 12.0. The number of carbonyl (C=O) groups is 1. The Morgan fingerprint density at radius 1 is 1.16 bits per heavy atom. The highest BCUT2D eigenvalue weighted by atomic mass is 32.2. The minimum absolute atomic E-state index is 0.114. The number of esters is 1. The summed E-state index contributed by atoms with van der Waals surface area (Å²) in [6.45, 7) is 2.32. The van der Waals surface area contributed by atoms with Crippen molar-refractivity contribution in [3.05, 3.63) is 64.2 Å². The van der Waals surface area contributed by atoms with Crippen molar-refractivity contribution in [2.45, 2.75) is 12.1 Å². The number of nitro benzene ring substituents is 1. The molecule has 31 heavy (non-hydrogen) atoms. The lowest BCUT2D eigenvalue weighted by molar-refractivity contribution is -0.385. The molecule has 0 aliphatic rings. The summed E-state index contributed by atoms with van der Waals surface area (Å²) in [4.78, 5) is 22.3. The fourth-order valence-electron chi connectivity index (χ4n) is 2.43. The molecule has 10 heteroatoms. The summed E-state index contributed by atoms with van der Waals surface area (Å²) < 4.78 is 16.0. The number of nitrogens with zero attached hydrogens (tertiary/aromatic N) is 3. The summed E-state index contributed by atoms with van der Waals surface area (Å²) in [7, 11) is 0. The second kappa shape index (κ2) is 10.8. The van der Waals surface area contributed by atoms with Crippen molar-refractivity contribution >= 4 is 23.4 Å². The predicted molar refractivity (Wildman–Crippen MR) is 113 cm³/mol. The molecule has 0 bridgehead atoms. The summed E-state index contributed by atoms with van der Waals surface area (Å²) in [5, 5.41) is 19.3. The summed E-state index contributed by atoms with van der Waals surface area (Å²) in [5.41, 5.74) is 0.350. The first-order valence-corrected chi connectivity index (χ1v) is 10.1. The first-order valence-electron chi connectivity index (χ1n) is 9.14. The molecule has 0 aliphatic carbocycles. The number of hydrogen-bond acceptors (Lipinski definition) is 9. The average Bonchev–Trinajstić information content (AvgIpc) is 3.25. The third-order valence-corrected chi connectivity index (χ3v) is 4.51. The summed E-state index contributed by atoms with van der Waals surface area (Å²) in [6.07, 6.45) is 0. The molecule has 2 aromatic carbocycles. The van der Waals surface area contributed by atoms with Crippen LogP contribution in [0.4, 0.5) is 5.69 Å². The highest BCUT2D eigenvalue weighted by Crippen LogP contribution is 2.24. The van der Waals surface area contributed by atoms with Crippen LogP contribution in [0, 0.1) is 22.0 Å². The molecular formula is C21H17N3O6S. The van der Waals surface area contributed by atoms with Crippen molar-refractivity contribution < 1.29 is 23.6 Å². The van der Waals surface area contributed by atoms with Gasteiger partial charge in [-0.25, -0.2) is 4.79 Å². The van der Waals surface area contributed by atoms with Crippen LogP contribution in [0.25, 0.3) is 11.5 Å². The van der Waals surface area contributed by atoms with E-state index in [9.17, 15) is 14.9 Å². The maximum Gasteiger partial charge on any atom is 0.346 e. The van der Waals surface area contributed by atoms with E-state index in [0.717, 1.165) is 11.3 Å². The number of carbonyl (C=O) groups excluding carboxylic acids is 1. The van der Waals surface area contributed by atoms with Crippen molar-refractivity contribution in [1.82, 2.24) is 10.2 Å². The van der Waals surface area contributed by atoms with Gasteiger partial charge in [0.25, 0.3) is 10.9 Å². The quantitative estimate of drug-likeness (QED) is 0.169. The molecule has 3 aromatic rings. The predicted octanol–water partition coefficient (Wildman–Crippen LogP) is 4.00. The van der Waals surface area contributed by atoms with Crippen LogP contribution < -0.4 is 4.74 Å². The lowest BCUT2D eigenvalue weighted by Gasteiger charge is -2.02. The zero-order chi connectivity index (χ0) is 22.1. The first kappa shape index (κ1) is 21.9. The molecule has 0 aliphatic heterocycles. The van der Waals surface area contributed by atoms with Gasteiger partial charge < -0.3 is 13.9 Å². The van der Waals surface area contributed by atoms with Crippen LogP contribution in [0.3, 0.4) is 0 Å². The smallest absolute Gasteiger partial charge is 0.346 e. The second-order valence-corrected chi connectivity index (χ2v) is 6.75. The largest absolute Gasteiger partial charge is 0.494 e. The first-order chi connectivity index (χ1) is 15.1. The molecule has 0 amide bonds. The van der Waals surface area contributed by atoms with Crippen molar-refractivity contribution in [2.24, 2.45) is 0 Å². The van der Waals surface area contributed by atoms with E-state index >= 15 is 0 Å². The maximum absolute atomic E-state index is 12.0. The Morgan fingerprint density at radius 3 is 2.68 bits per heavy atom. The van der Waals surface area contributed by atoms with Gasteiger partial charge in [-0.3, -0.25) is 10.1 Å². The monoisotopic (exact) mass is 439 g/mol. The Labute approximate surface area is 181 Å². The van der Waals surface area contributed by atoms with Gasteiger partial charge >= 0.3 is 5.97 Å². The van der Waals surface area contributed by atoms with E-state index in [-0.39, 0.29) is 17.9 Å². The number of rotatable bonds is 8. The Morgan fingerprint density at radius 2 is 1.94 bits per heavy atom. The van der Waals surface area contributed by atoms with Crippen LogP contribution >= 0.6 is 11.8 Å². The van der Waals surface area contributed by atoms with Gasteiger partial charge in [0.2, 0.25) is 5.89 Å². The second-order valence-electron chi connectivity index (χ2n) is 5.82. The van der Waals surface area contributed by atoms with Crippen LogP contribution in [-0.4, -0.2) is 40.1 Å². The van der Waals surface area contributed by atoms with Gasteiger partial charge in [0.15, 0.2) is 6.61 Å². The molecule has 158 valence electrons. The molecule has 0 N–H and O–H groups in total. The highest BCUT2D eigenvalue weighted by molar-refractivity contribution is 7.99. The van der Waals surface area contributed by atoms with Gasteiger partial charge in [0.05, 0.1) is 17.3 Å². The van der Waals surface area contributed by atoms with E-state index < -0.39 is 10.9 Å². The molecule has 0 radical (unpaired) electrons. The molecule has 9 nitrogen and oxygen atoms in total. The molecule has 0 fully saturated rings. The SMILES string of the molecule is CCOc1ccc(-c2nnc(SCC#CCOC(=O)c3ccccc3[N+](=O)[O-])o2)cc1. The van der Waals surface area contributed by atoms with Crippen molar-refractivity contribution in [3.8, 4) is 29.0 Å². The van der Waals surface area contributed by atoms with Gasteiger partial charge in [-0.2, -0.15) is 0 Å². The van der Waals surface area contributed by atoms with E-state index in [0.29, 0.717) is 23.5 Å². The Bertz CT molecular complexity index is 1120. The van der Waals surface area contributed by atoms with E-state index in [1.165, 1.54) is 36.0 Å². The van der Waals surface area contributed by atoms with Crippen molar-refractivity contribution in [1.29, 1.82) is 0 Å². The molecule has 1 aromatic heterocycles. The normalized spacial score (nSPS) is 10.1. The topological polar surface area (TPSA) is 118 Å². The molecule has 0 spiro atoms. The van der Waals surface area contributed by atoms with Crippen LogP contribution in [0.2, 0.25) is 0 Å². The third kappa shape index (κ3) is 6.07. The number of para-hydroxylation sites is 1. The fourth-order valence-corrected chi connectivity index (χ4v) is 2.96. The van der Waals surface area contributed by atoms with Gasteiger partial charge in [-0.1, -0.05) is 35.7 Å². The van der Waals surface area contributed by atoms with E-state index in [2.05, 4.69) is 22.0 Å². The van der Waals surface area contributed by atoms with Gasteiger partial charge in [-0.05, 0) is 37.3 Å². The van der Waals surface area contributed by atoms with Gasteiger partial charge in [0.1, 0.15) is 11.3 Å². The van der Waals surface area contributed by atoms with Crippen LogP contribution in [0.1, 0.15) is 17.3 Å². The van der Waals surface area contributed by atoms with Crippen LogP contribution in [-0.2, 0) is 4.74 Å². The van der Waals surface area contributed by atoms with Gasteiger partial charge in [-0.15, -0.1) is 10.2 Å². The van der Waals surface area contributed by atoms with E-state index in [1.807, 2.05) is 31.2 Å². The lowest BCUT2D eigenvalue weighted by atomic mass is 10.2. The average molecular weight is 439 g/mol. The molecule has 0 saturated carbocycles. The minimum atomic E-state index is -0.800. The minimum Gasteiger partial charge on any atom is -0.494 e. The van der Waals surface area contributed by atoms with E-state index in [4.69, 9.17) is 13.9 Å². The summed E-state index contributed by atoms with van der Waals surface area (Å²) in [6, 6.07) is 12.9.